The van der Waals surface area contributed by atoms with Crippen LogP contribution in [0, 0.1) is 6.92 Å². The summed E-state index contributed by atoms with van der Waals surface area (Å²) in [5, 5.41) is 9.21. The first-order chi connectivity index (χ1) is 10.1. The SMILES string of the molecule is COc1ccc(C)cc1-c1nc2nccc(C(=O)O)c2[nH]1. The minimum absolute atomic E-state index is 0.144. The molecule has 2 N–H and O–H groups in total. The van der Waals surface area contributed by atoms with E-state index in [9.17, 15) is 9.90 Å². The van der Waals surface area contributed by atoms with Crippen molar-refractivity contribution in [3.8, 4) is 17.1 Å². The van der Waals surface area contributed by atoms with Crippen LogP contribution >= 0.6 is 0 Å². The van der Waals surface area contributed by atoms with E-state index >= 15 is 0 Å². The third-order valence-electron chi connectivity index (χ3n) is 3.23. The number of rotatable bonds is 3. The molecule has 0 aliphatic carbocycles. The first-order valence-corrected chi connectivity index (χ1v) is 6.33. The van der Waals surface area contributed by atoms with Gasteiger partial charge in [-0.25, -0.2) is 14.8 Å². The van der Waals surface area contributed by atoms with Crippen LogP contribution in [0.5, 0.6) is 5.75 Å². The molecule has 2 heterocycles. The summed E-state index contributed by atoms with van der Waals surface area (Å²) in [7, 11) is 1.58. The zero-order valence-electron chi connectivity index (χ0n) is 11.5. The molecule has 3 rings (SSSR count). The molecule has 0 unspecified atom stereocenters. The summed E-state index contributed by atoms with van der Waals surface area (Å²) in [5.41, 5.74) is 2.74. The molecule has 0 spiro atoms. The number of benzene rings is 1. The topological polar surface area (TPSA) is 88.1 Å². The van der Waals surface area contributed by atoms with Crippen LogP contribution < -0.4 is 4.74 Å². The predicted molar refractivity (Wildman–Crippen MR) is 77.6 cm³/mol. The van der Waals surface area contributed by atoms with Gasteiger partial charge in [-0.15, -0.1) is 0 Å². The van der Waals surface area contributed by atoms with Gasteiger partial charge in [0.1, 0.15) is 11.6 Å². The molecule has 0 aliphatic heterocycles. The van der Waals surface area contributed by atoms with Crippen molar-refractivity contribution < 1.29 is 14.6 Å². The van der Waals surface area contributed by atoms with Gasteiger partial charge in [0, 0.05) is 6.20 Å². The number of hydrogen-bond acceptors (Lipinski definition) is 4. The molecule has 1 aromatic carbocycles. The van der Waals surface area contributed by atoms with E-state index in [4.69, 9.17) is 4.74 Å². The number of fused-ring (bicyclic) bond motifs is 1. The van der Waals surface area contributed by atoms with E-state index in [0.29, 0.717) is 22.7 Å². The highest BCUT2D eigenvalue weighted by Gasteiger charge is 2.16. The lowest BCUT2D eigenvalue weighted by Gasteiger charge is -2.06. The highest BCUT2D eigenvalue weighted by Crippen LogP contribution is 2.30. The van der Waals surface area contributed by atoms with Crippen LogP contribution in [-0.2, 0) is 0 Å². The fourth-order valence-electron chi connectivity index (χ4n) is 2.22. The third kappa shape index (κ3) is 2.20. The minimum atomic E-state index is -1.02. The summed E-state index contributed by atoms with van der Waals surface area (Å²) in [6, 6.07) is 7.16. The third-order valence-corrected chi connectivity index (χ3v) is 3.23. The van der Waals surface area contributed by atoms with Crippen LogP contribution in [0.15, 0.2) is 30.5 Å². The molecule has 3 aromatic rings. The largest absolute Gasteiger partial charge is 0.496 e. The Morgan fingerprint density at radius 1 is 1.33 bits per heavy atom. The number of nitrogens with zero attached hydrogens (tertiary/aromatic N) is 2. The summed E-state index contributed by atoms with van der Waals surface area (Å²) in [5.74, 6) is 0.178. The molecule has 6 heteroatoms. The second kappa shape index (κ2) is 4.90. The van der Waals surface area contributed by atoms with Gasteiger partial charge in [-0.3, -0.25) is 0 Å². The Morgan fingerprint density at radius 2 is 2.14 bits per heavy atom. The molecule has 0 radical (unpaired) electrons. The summed E-state index contributed by atoms with van der Waals surface area (Å²) in [6.07, 6.45) is 1.43. The van der Waals surface area contributed by atoms with Gasteiger partial charge in [0.05, 0.1) is 23.8 Å². The number of H-pyrrole nitrogens is 1. The maximum absolute atomic E-state index is 11.2. The normalized spacial score (nSPS) is 10.8. The lowest BCUT2D eigenvalue weighted by Crippen LogP contribution is -1.97. The molecule has 0 saturated heterocycles. The van der Waals surface area contributed by atoms with Gasteiger partial charge in [-0.1, -0.05) is 11.6 Å². The number of hydrogen-bond donors (Lipinski definition) is 2. The number of methoxy groups -OCH3 is 1. The van der Waals surface area contributed by atoms with Gasteiger partial charge in [-0.2, -0.15) is 0 Å². The number of aromatic carboxylic acids is 1. The second-order valence-corrected chi connectivity index (χ2v) is 4.65. The van der Waals surface area contributed by atoms with Crippen molar-refractivity contribution in [2.24, 2.45) is 0 Å². The van der Waals surface area contributed by atoms with Crippen molar-refractivity contribution in [1.29, 1.82) is 0 Å². The first kappa shape index (κ1) is 13.1. The fourth-order valence-corrected chi connectivity index (χ4v) is 2.22. The molecule has 6 nitrogen and oxygen atoms in total. The van der Waals surface area contributed by atoms with Crippen LogP contribution in [0.4, 0.5) is 0 Å². The van der Waals surface area contributed by atoms with Crippen LogP contribution in [0.2, 0.25) is 0 Å². The van der Waals surface area contributed by atoms with Crippen LogP contribution in [-0.4, -0.2) is 33.1 Å². The van der Waals surface area contributed by atoms with Gasteiger partial charge in [0.2, 0.25) is 0 Å². The highest BCUT2D eigenvalue weighted by molar-refractivity contribution is 6.00. The summed E-state index contributed by atoms with van der Waals surface area (Å²) in [6.45, 7) is 1.96. The Kier molecular flexibility index (Phi) is 3.06. The zero-order valence-corrected chi connectivity index (χ0v) is 11.5. The van der Waals surface area contributed by atoms with E-state index in [2.05, 4.69) is 15.0 Å². The lowest BCUT2D eigenvalue weighted by atomic mass is 10.1. The number of imidazole rings is 1. The van der Waals surface area contributed by atoms with Gasteiger partial charge in [0.15, 0.2) is 5.65 Å². The molecule has 21 heavy (non-hydrogen) atoms. The maximum atomic E-state index is 11.2. The smallest absolute Gasteiger partial charge is 0.338 e. The van der Waals surface area contributed by atoms with Gasteiger partial charge in [0.25, 0.3) is 0 Å². The van der Waals surface area contributed by atoms with Crippen molar-refractivity contribution in [1.82, 2.24) is 15.0 Å². The van der Waals surface area contributed by atoms with Crippen molar-refractivity contribution in [2.45, 2.75) is 6.92 Å². The number of nitrogens with one attached hydrogen (secondary N) is 1. The molecule has 0 aliphatic rings. The molecule has 0 bridgehead atoms. The van der Waals surface area contributed by atoms with E-state index in [0.717, 1.165) is 11.1 Å². The summed E-state index contributed by atoms with van der Waals surface area (Å²) in [4.78, 5) is 22.7. The molecule has 0 fully saturated rings. The molecule has 0 atom stereocenters. The standard InChI is InChI=1S/C15H13N3O3/c1-8-3-4-11(21-2)10(7-8)13-17-12-9(15(19)20)5-6-16-14(12)18-13/h3-7H,1-2H3,(H,19,20)(H,16,17,18). The molecular weight excluding hydrogens is 270 g/mol. The van der Waals surface area contributed by atoms with Gasteiger partial charge in [-0.05, 0) is 25.1 Å². The highest BCUT2D eigenvalue weighted by atomic mass is 16.5. The van der Waals surface area contributed by atoms with Crippen LogP contribution in [0.1, 0.15) is 15.9 Å². The molecular formula is C15H13N3O3. The number of pyridine rings is 1. The number of carboxylic acids is 1. The number of ether oxygens (including phenoxy) is 1. The number of carboxylic acid groups (broad SMARTS) is 1. The van der Waals surface area contributed by atoms with E-state index in [-0.39, 0.29) is 5.56 Å². The van der Waals surface area contributed by atoms with Gasteiger partial charge >= 0.3 is 5.97 Å². The summed E-state index contributed by atoms with van der Waals surface area (Å²) >= 11 is 0. The molecule has 2 aromatic heterocycles. The van der Waals surface area contributed by atoms with Crippen LogP contribution in [0.25, 0.3) is 22.6 Å². The van der Waals surface area contributed by atoms with E-state index < -0.39 is 5.97 Å². The maximum Gasteiger partial charge on any atom is 0.338 e. The Morgan fingerprint density at radius 3 is 2.86 bits per heavy atom. The second-order valence-electron chi connectivity index (χ2n) is 4.65. The Hall–Kier alpha value is -2.89. The average molecular weight is 283 g/mol. The quantitative estimate of drug-likeness (QED) is 0.771. The molecule has 0 amide bonds. The van der Waals surface area contributed by atoms with Crippen molar-refractivity contribution in [3.63, 3.8) is 0 Å². The van der Waals surface area contributed by atoms with E-state index in [1.165, 1.54) is 12.3 Å². The van der Waals surface area contributed by atoms with Crippen molar-refractivity contribution >= 4 is 17.1 Å². The summed E-state index contributed by atoms with van der Waals surface area (Å²) < 4.78 is 5.33. The number of aryl methyl sites for hydroxylation is 1. The van der Waals surface area contributed by atoms with Crippen LogP contribution in [0.3, 0.4) is 0 Å². The molecule has 106 valence electrons. The number of aromatic amines is 1. The Labute approximate surface area is 120 Å². The zero-order chi connectivity index (χ0) is 15.0. The van der Waals surface area contributed by atoms with Crippen molar-refractivity contribution in [2.75, 3.05) is 7.11 Å². The number of carbonyl (C=O) groups is 1. The minimum Gasteiger partial charge on any atom is -0.496 e. The number of aromatic nitrogens is 3. The van der Waals surface area contributed by atoms with E-state index in [1.807, 2.05) is 25.1 Å². The predicted octanol–water partition coefficient (Wildman–Crippen LogP) is 2.64. The monoisotopic (exact) mass is 283 g/mol. The van der Waals surface area contributed by atoms with E-state index in [1.54, 1.807) is 7.11 Å². The van der Waals surface area contributed by atoms with Crippen molar-refractivity contribution in [3.05, 3.63) is 41.6 Å². The first-order valence-electron chi connectivity index (χ1n) is 6.33. The Balaban J connectivity index is 2.25. The fraction of sp³-hybridized carbons (Fsp3) is 0.133. The Bertz CT molecular complexity index is 839. The lowest BCUT2D eigenvalue weighted by molar-refractivity contribution is 0.0698. The average Bonchev–Trinajstić information content (AvgIpc) is 2.90. The van der Waals surface area contributed by atoms with Gasteiger partial charge < -0.3 is 14.8 Å². The molecule has 0 saturated carbocycles.